The van der Waals surface area contributed by atoms with Crippen molar-refractivity contribution in [2.45, 2.75) is 0 Å². The number of hydrogen-bond acceptors (Lipinski definition) is 5. The van der Waals surface area contributed by atoms with E-state index in [2.05, 4.69) is 9.72 Å². The van der Waals surface area contributed by atoms with Crippen molar-refractivity contribution in [3.05, 3.63) is 29.6 Å². The second kappa shape index (κ2) is 4.33. The Morgan fingerprint density at radius 3 is 2.64 bits per heavy atom. The Morgan fingerprint density at radius 2 is 2.21 bits per heavy atom. The number of carbonyl (C=O) groups excluding carboxylic acids is 2. The van der Waals surface area contributed by atoms with Crippen molar-refractivity contribution in [2.75, 3.05) is 7.11 Å². The van der Waals surface area contributed by atoms with E-state index in [4.69, 9.17) is 5.84 Å². The first-order valence-electron chi connectivity index (χ1n) is 3.74. The number of rotatable bonds is 2. The molecular weight excluding hydrogens is 186 g/mol. The van der Waals surface area contributed by atoms with Gasteiger partial charge >= 0.3 is 5.97 Å². The minimum Gasteiger partial charge on any atom is -0.464 e. The second-order valence-electron chi connectivity index (χ2n) is 2.40. The molecule has 74 valence electrons. The van der Waals surface area contributed by atoms with Crippen LogP contribution in [0, 0.1) is 0 Å². The molecule has 0 bridgehead atoms. The summed E-state index contributed by atoms with van der Waals surface area (Å²) < 4.78 is 4.44. The van der Waals surface area contributed by atoms with Crippen LogP contribution in [0.15, 0.2) is 18.3 Å². The lowest BCUT2D eigenvalue weighted by Gasteiger charge is -2.00. The number of amides is 1. The van der Waals surface area contributed by atoms with Crippen molar-refractivity contribution >= 4 is 11.9 Å². The Labute approximate surface area is 80.0 Å². The number of pyridine rings is 1. The summed E-state index contributed by atoms with van der Waals surface area (Å²) >= 11 is 0. The average Bonchev–Trinajstić information content (AvgIpc) is 2.27. The van der Waals surface area contributed by atoms with Crippen LogP contribution in [0.5, 0.6) is 0 Å². The fourth-order valence-electron chi connectivity index (χ4n) is 0.837. The fourth-order valence-corrected chi connectivity index (χ4v) is 0.837. The standard InChI is InChI=1S/C8H9N3O3/c1-14-8(13)6-3-2-5(4-10-6)7(12)11-9/h2-4H,9H2,1H3,(H,11,12). The third-order valence-electron chi connectivity index (χ3n) is 1.55. The zero-order valence-corrected chi connectivity index (χ0v) is 7.48. The first-order chi connectivity index (χ1) is 6.69. The van der Waals surface area contributed by atoms with Crippen molar-refractivity contribution in [2.24, 2.45) is 5.84 Å². The quantitative estimate of drug-likeness (QED) is 0.286. The first kappa shape index (κ1) is 10.1. The number of hydrogen-bond donors (Lipinski definition) is 2. The number of nitrogen functional groups attached to an aromatic ring is 1. The minimum absolute atomic E-state index is 0.140. The maximum absolute atomic E-state index is 11.0. The molecule has 1 aromatic heterocycles. The predicted octanol–water partition coefficient (Wildman–Crippen LogP) is -0.528. The van der Waals surface area contributed by atoms with Gasteiger partial charge in [0.2, 0.25) is 0 Å². The van der Waals surface area contributed by atoms with Gasteiger partial charge in [0.1, 0.15) is 5.69 Å². The number of nitrogens with two attached hydrogens (primary N) is 1. The molecule has 14 heavy (non-hydrogen) atoms. The summed E-state index contributed by atoms with van der Waals surface area (Å²) in [6, 6.07) is 2.82. The molecule has 6 nitrogen and oxygen atoms in total. The Balaban J connectivity index is 2.89. The van der Waals surface area contributed by atoms with Gasteiger partial charge in [-0.05, 0) is 12.1 Å². The Kier molecular flexibility index (Phi) is 3.14. The molecule has 1 heterocycles. The smallest absolute Gasteiger partial charge is 0.356 e. The molecule has 0 saturated carbocycles. The van der Waals surface area contributed by atoms with Gasteiger partial charge in [0.05, 0.1) is 12.7 Å². The SMILES string of the molecule is COC(=O)c1ccc(C(=O)NN)cn1. The molecule has 1 amide bonds. The molecular formula is C8H9N3O3. The van der Waals surface area contributed by atoms with E-state index < -0.39 is 11.9 Å². The highest BCUT2D eigenvalue weighted by Crippen LogP contribution is 2.01. The van der Waals surface area contributed by atoms with Crippen LogP contribution in [0.4, 0.5) is 0 Å². The van der Waals surface area contributed by atoms with Gasteiger partial charge in [0, 0.05) is 6.20 Å². The number of nitrogens with zero attached hydrogens (tertiary/aromatic N) is 1. The molecule has 0 unspecified atom stereocenters. The third kappa shape index (κ3) is 2.05. The highest BCUT2D eigenvalue weighted by Gasteiger charge is 2.08. The van der Waals surface area contributed by atoms with Gasteiger partial charge in [-0.3, -0.25) is 10.2 Å². The van der Waals surface area contributed by atoms with Crippen molar-refractivity contribution in [3.8, 4) is 0 Å². The Hall–Kier alpha value is -1.95. The summed E-state index contributed by atoms with van der Waals surface area (Å²) in [6.07, 6.45) is 1.24. The molecule has 0 aliphatic carbocycles. The molecule has 6 heteroatoms. The van der Waals surface area contributed by atoms with Crippen LogP contribution in [0.25, 0.3) is 0 Å². The van der Waals surface area contributed by atoms with Gasteiger partial charge in [-0.25, -0.2) is 15.6 Å². The Bertz CT molecular complexity index is 312. The molecule has 0 saturated heterocycles. The van der Waals surface area contributed by atoms with E-state index in [1.807, 2.05) is 5.43 Å². The van der Waals surface area contributed by atoms with E-state index >= 15 is 0 Å². The zero-order chi connectivity index (χ0) is 10.6. The molecule has 0 fully saturated rings. The number of methoxy groups -OCH3 is 1. The maximum atomic E-state index is 11.0. The van der Waals surface area contributed by atoms with E-state index in [0.717, 1.165) is 0 Å². The van der Waals surface area contributed by atoms with Gasteiger partial charge < -0.3 is 4.74 Å². The summed E-state index contributed by atoms with van der Waals surface area (Å²) in [7, 11) is 1.25. The number of hydrazine groups is 1. The average molecular weight is 195 g/mol. The normalized spacial score (nSPS) is 9.29. The minimum atomic E-state index is -0.551. The van der Waals surface area contributed by atoms with Crippen LogP contribution in [-0.4, -0.2) is 24.0 Å². The molecule has 0 atom stereocenters. The molecule has 3 N–H and O–H groups in total. The van der Waals surface area contributed by atoms with E-state index in [9.17, 15) is 9.59 Å². The van der Waals surface area contributed by atoms with Gasteiger partial charge in [-0.2, -0.15) is 0 Å². The van der Waals surface area contributed by atoms with Crippen LogP contribution >= 0.6 is 0 Å². The largest absolute Gasteiger partial charge is 0.464 e. The van der Waals surface area contributed by atoms with Crippen LogP contribution in [0.3, 0.4) is 0 Å². The molecule has 0 aliphatic heterocycles. The van der Waals surface area contributed by atoms with E-state index in [-0.39, 0.29) is 11.3 Å². The van der Waals surface area contributed by atoms with Gasteiger partial charge in [0.25, 0.3) is 5.91 Å². The van der Waals surface area contributed by atoms with E-state index in [1.54, 1.807) is 0 Å². The number of nitrogens with one attached hydrogen (secondary N) is 1. The van der Waals surface area contributed by atoms with Crippen LogP contribution in [0.1, 0.15) is 20.8 Å². The maximum Gasteiger partial charge on any atom is 0.356 e. The highest BCUT2D eigenvalue weighted by molar-refractivity contribution is 5.94. The topological polar surface area (TPSA) is 94.3 Å². The molecule has 0 radical (unpaired) electrons. The summed E-state index contributed by atoms with van der Waals surface area (Å²) in [5, 5.41) is 0. The van der Waals surface area contributed by atoms with E-state index in [0.29, 0.717) is 0 Å². The molecule has 0 aromatic carbocycles. The number of esters is 1. The lowest BCUT2D eigenvalue weighted by Crippen LogP contribution is -2.30. The lowest BCUT2D eigenvalue weighted by atomic mass is 10.2. The second-order valence-corrected chi connectivity index (χ2v) is 2.40. The summed E-state index contributed by atoms with van der Waals surface area (Å²) in [5.41, 5.74) is 2.37. The van der Waals surface area contributed by atoms with Crippen LogP contribution < -0.4 is 11.3 Å². The molecule has 0 spiro atoms. The van der Waals surface area contributed by atoms with E-state index in [1.165, 1.54) is 25.4 Å². The molecule has 1 aromatic rings. The van der Waals surface area contributed by atoms with Crippen LogP contribution in [-0.2, 0) is 4.74 Å². The van der Waals surface area contributed by atoms with Crippen molar-refractivity contribution in [1.82, 2.24) is 10.4 Å². The highest BCUT2D eigenvalue weighted by atomic mass is 16.5. The number of ether oxygens (including phenoxy) is 1. The third-order valence-corrected chi connectivity index (χ3v) is 1.55. The summed E-state index contributed by atoms with van der Waals surface area (Å²) in [6.45, 7) is 0. The van der Waals surface area contributed by atoms with Crippen LogP contribution in [0.2, 0.25) is 0 Å². The fraction of sp³-hybridized carbons (Fsp3) is 0.125. The van der Waals surface area contributed by atoms with Gasteiger partial charge in [0.15, 0.2) is 0 Å². The van der Waals surface area contributed by atoms with Crippen molar-refractivity contribution < 1.29 is 14.3 Å². The first-order valence-corrected chi connectivity index (χ1v) is 3.74. The van der Waals surface area contributed by atoms with Gasteiger partial charge in [-0.15, -0.1) is 0 Å². The Morgan fingerprint density at radius 1 is 1.50 bits per heavy atom. The molecule has 1 rings (SSSR count). The number of carbonyl (C=O) groups is 2. The van der Waals surface area contributed by atoms with Gasteiger partial charge in [-0.1, -0.05) is 0 Å². The molecule has 0 aliphatic rings. The lowest BCUT2D eigenvalue weighted by molar-refractivity contribution is 0.0593. The van der Waals surface area contributed by atoms with Crippen molar-refractivity contribution in [3.63, 3.8) is 0 Å². The number of aromatic nitrogens is 1. The zero-order valence-electron chi connectivity index (χ0n) is 7.48. The monoisotopic (exact) mass is 195 g/mol. The van der Waals surface area contributed by atoms with Crippen molar-refractivity contribution in [1.29, 1.82) is 0 Å². The summed E-state index contributed by atoms with van der Waals surface area (Å²) in [4.78, 5) is 25.7. The summed E-state index contributed by atoms with van der Waals surface area (Å²) in [5.74, 6) is 3.89. The predicted molar refractivity (Wildman–Crippen MR) is 47.2 cm³/mol.